The molecule has 0 aromatic rings. The molecule has 0 saturated carbocycles. The van der Waals surface area contributed by atoms with E-state index in [9.17, 15) is 4.79 Å². The van der Waals surface area contributed by atoms with Gasteiger partial charge in [0.2, 0.25) is 0 Å². The van der Waals surface area contributed by atoms with E-state index in [1.165, 1.54) is 0 Å². The third-order valence-corrected chi connectivity index (χ3v) is 4.26. The number of hydrogen-bond acceptors (Lipinski definition) is 3. The summed E-state index contributed by atoms with van der Waals surface area (Å²) in [5.41, 5.74) is 0. The average molecular weight is 241 g/mol. The Morgan fingerprint density at radius 1 is 1.24 bits per heavy atom. The van der Waals surface area contributed by atoms with Gasteiger partial charge in [0.15, 0.2) is 0 Å². The van der Waals surface area contributed by atoms with Crippen molar-refractivity contribution in [2.45, 2.75) is 64.3 Å². The van der Waals surface area contributed by atoms with Crippen LogP contribution in [0.15, 0.2) is 0 Å². The fourth-order valence-corrected chi connectivity index (χ4v) is 3.45. The van der Waals surface area contributed by atoms with Gasteiger partial charge in [-0.1, -0.05) is 0 Å². The minimum atomic E-state index is -0.645. The quantitative estimate of drug-likeness (QED) is 0.800. The number of rotatable bonds is 2. The van der Waals surface area contributed by atoms with E-state index >= 15 is 0 Å². The highest BCUT2D eigenvalue weighted by Crippen LogP contribution is 2.32. The molecule has 4 heteroatoms. The molecule has 2 heterocycles. The zero-order valence-electron chi connectivity index (χ0n) is 10.9. The van der Waals surface area contributed by atoms with Crippen molar-refractivity contribution in [2.24, 2.45) is 5.92 Å². The average Bonchev–Trinajstić information content (AvgIpc) is 2.58. The van der Waals surface area contributed by atoms with Crippen molar-refractivity contribution in [3.05, 3.63) is 0 Å². The second-order valence-electron chi connectivity index (χ2n) is 5.59. The highest BCUT2D eigenvalue weighted by molar-refractivity contribution is 5.71. The van der Waals surface area contributed by atoms with Gasteiger partial charge in [0.25, 0.3) is 0 Å². The van der Waals surface area contributed by atoms with Gasteiger partial charge in [-0.2, -0.15) is 0 Å². The number of aliphatic carboxylic acids is 1. The van der Waals surface area contributed by atoms with Crippen molar-refractivity contribution in [3.63, 3.8) is 0 Å². The molecular formula is C13H23NO3. The van der Waals surface area contributed by atoms with Gasteiger partial charge in [-0.25, -0.2) is 0 Å². The van der Waals surface area contributed by atoms with E-state index in [0.29, 0.717) is 18.2 Å². The lowest BCUT2D eigenvalue weighted by molar-refractivity contribution is -0.142. The van der Waals surface area contributed by atoms with E-state index in [4.69, 9.17) is 9.84 Å². The number of carboxylic acids is 1. The molecule has 2 aliphatic rings. The first-order valence-corrected chi connectivity index (χ1v) is 6.63. The van der Waals surface area contributed by atoms with Crippen LogP contribution in [0.4, 0.5) is 0 Å². The SMILES string of the molecule is CC1CC(N2CCC(C(=O)O)C2C)CC(C)O1. The van der Waals surface area contributed by atoms with Crippen LogP contribution in [-0.4, -0.2) is 46.8 Å². The first-order chi connectivity index (χ1) is 7.99. The van der Waals surface area contributed by atoms with Crippen LogP contribution in [0, 0.1) is 5.92 Å². The molecule has 0 aliphatic carbocycles. The maximum Gasteiger partial charge on any atom is 0.308 e. The Balaban J connectivity index is 2.01. The summed E-state index contributed by atoms with van der Waals surface area (Å²) >= 11 is 0. The van der Waals surface area contributed by atoms with Gasteiger partial charge in [-0.15, -0.1) is 0 Å². The zero-order valence-corrected chi connectivity index (χ0v) is 10.9. The monoisotopic (exact) mass is 241 g/mol. The van der Waals surface area contributed by atoms with Crippen molar-refractivity contribution in [3.8, 4) is 0 Å². The first-order valence-electron chi connectivity index (χ1n) is 6.63. The number of nitrogens with zero attached hydrogens (tertiary/aromatic N) is 1. The van der Waals surface area contributed by atoms with Gasteiger partial charge in [-0.3, -0.25) is 9.69 Å². The van der Waals surface area contributed by atoms with E-state index in [1.54, 1.807) is 0 Å². The Morgan fingerprint density at radius 3 is 2.29 bits per heavy atom. The van der Waals surface area contributed by atoms with Crippen molar-refractivity contribution in [1.82, 2.24) is 4.90 Å². The molecule has 2 rings (SSSR count). The standard InChI is InChI=1S/C13H23NO3/c1-8-6-11(7-9(2)17-8)14-5-4-12(10(14)3)13(15)16/h8-12H,4-7H2,1-3H3,(H,15,16). The van der Waals surface area contributed by atoms with Crippen LogP contribution < -0.4 is 0 Å². The molecule has 17 heavy (non-hydrogen) atoms. The van der Waals surface area contributed by atoms with Crippen LogP contribution in [0.2, 0.25) is 0 Å². The van der Waals surface area contributed by atoms with Gasteiger partial charge in [0, 0.05) is 12.1 Å². The molecule has 0 radical (unpaired) electrons. The number of ether oxygens (including phenoxy) is 1. The van der Waals surface area contributed by atoms with E-state index in [1.807, 2.05) is 0 Å². The van der Waals surface area contributed by atoms with Gasteiger partial charge in [0.1, 0.15) is 0 Å². The van der Waals surface area contributed by atoms with Crippen LogP contribution in [-0.2, 0) is 9.53 Å². The molecule has 4 nitrogen and oxygen atoms in total. The number of carboxylic acid groups (broad SMARTS) is 1. The van der Waals surface area contributed by atoms with Gasteiger partial charge in [0.05, 0.1) is 18.1 Å². The van der Waals surface area contributed by atoms with Crippen LogP contribution in [0.5, 0.6) is 0 Å². The first kappa shape index (κ1) is 12.8. The van der Waals surface area contributed by atoms with E-state index < -0.39 is 5.97 Å². The minimum absolute atomic E-state index is 0.162. The topological polar surface area (TPSA) is 49.8 Å². The molecule has 4 unspecified atom stereocenters. The third kappa shape index (κ3) is 2.63. The molecule has 0 aromatic heterocycles. The Labute approximate surface area is 103 Å². The number of hydrogen-bond donors (Lipinski definition) is 1. The normalized spacial score (nSPS) is 43.8. The Hall–Kier alpha value is -0.610. The molecule has 0 spiro atoms. The molecule has 4 atom stereocenters. The van der Waals surface area contributed by atoms with Gasteiger partial charge >= 0.3 is 5.97 Å². The summed E-state index contributed by atoms with van der Waals surface area (Å²) in [6, 6.07) is 0.656. The van der Waals surface area contributed by atoms with E-state index in [2.05, 4.69) is 25.7 Å². The summed E-state index contributed by atoms with van der Waals surface area (Å²) in [6.45, 7) is 7.19. The summed E-state index contributed by atoms with van der Waals surface area (Å²) in [5.74, 6) is -0.836. The maximum atomic E-state index is 11.1. The third-order valence-electron chi connectivity index (χ3n) is 4.26. The van der Waals surface area contributed by atoms with Gasteiger partial charge in [-0.05, 0) is 46.6 Å². The number of carbonyl (C=O) groups is 1. The van der Waals surface area contributed by atoms with Crippen molar-refractivity contribution in [2.75, 3.05) is 6.54 Å². The second-order valence-corrected chi connectivity index (χ2v) is 5.59. The highest BCUT2D eigenvalue weighted by atomic mass is 16.5. The highest BCUT2D eigenvalue weighted by Gasteiger charge is 2.40. The lowest BCUT2D eigenvalue weighted by Crippen LogP contribution is -2.47. The summed E-state index contributed by atoms with van der Waals surface area (Å²) in [4.78, 5) is 13.5. The van der Waals surface area contributed by atoms with E-state index in [0.717, 1.165) is 25.8 Å². The predicted molar refractivity (Wildman–Crippen MR) is 64.9 cm³/mol. The molecule has 0 aromatic carbocycles. The second kappa shape index (κ2) is 4.94. The molecule has 1 N–H and O–H groups in total. The molecule has 0 amide bonds. The lowest BCUT2D eigenvalue weighted by atomic mass is 9.96. The molecule has 2 saturated heterocycles. The summed E-state index contributed by atoms with van der Waals surface area (Å²) < 4.78 is 5.74. The lowest BCUT2D eigenvalue weighted by Gasteiger charge is -2.39. The van der Waals surface area contributed by atoms with Crippen molar-refractivity contribution < 1.29 is 14.6 Å². The Morgan fingerprint density at radius 2 is 1.82 bits per heavy atom. The maximum absolute atomic E-state index is 11.1. The molecular weight excluding hydrogens is 218 g/mol. The van der Waals surface area contributed by atoms with Crippen LogP contribution in [0.3, 0.4) is 0 Å². The van der Waals surface area contributed by atoms with E-state index in [-0.39, 0.29) is 12.0 Å². The Kier molecular flexibility index (Phi) is 3.73. The van der Waals surface area contributed by atoms with Crippen LogP contribution >= 0.6 is 0 Å². The smallest absolute Gasteiger partial charge is 0.308 e. The summed E-state index contributed by atoms with van der Waals surface area (Å²) in [6.07, 6.45) is 3.43. The van der Waals surface area contributed by atoms with Gasteiger partial charge < -0.3 is 9.84 Å². The zero-order chi connectivity index (χ0) is 12.6. The predicted octanol–water partition coefficient (Wildman–Crippen LogP) is 1.74. The minimum Gasteiger partial charge on any atom is -0.481 e. The Bertz CT molecular complexity index is 284. The molecule has 2 aliphatic heterocycles. The number of likely N-dealkylation sites (tertiary alicyclic amines) is 1. The van der Waals surface area contributed by atoms with Crippen LogP contribution in [0.1, 0.15) is 40.0 Å². The summed E-state index contributed by atoms with van der Waals surface area (Å²) in [5, 5.41) is 9.15. The van der Waals surface area contributed by atoms with Crippen LogP contribution in [0.25, 0.3) is 0 Å². The fourth-order valence-electron chi connectivity index (χ4n) is 3.45. The molecule has 98 valence electrons. The fraction of sp³-hybridized carbons (Fsp3) is 0.923. The summed E-state index contributed by atoms with van der Waals surface area (Å²) in [7, 11) is 0. The molecule has 2 fully saturated rings. The van der Waals surface area contributed by atoms with Crippen molar-refractivity contribution >= 4 is 5.97 Å². The molecule has 0 bridgehead atoms. The van der Waals surface area contributed by atoms with Crippen molar-refractivity contribution in [1.29, 1.82) is 0 Å². The largest absolute Gasteiger partial charge is 0.481 e.